The summed E-state index contributed by atoms with van der Waals surface area (Å²) >= 11 is 7.48. The Bertz CT molecular complexity index is 1100. The Morgan fingerprint density at radius 1 is 1.11 bits per heavy atom. The molecule has 1 aliphatic heterocycles. The molecule has 2 heterocycles. The molecule has 0 radical (unpaired) electrons. The normalized spacial score (nSPS) is 14.1. The molecule has 27 heavy (non-hydrogen) atoms. The van der Waals surface area contributed by atoms with E-state index in [2.05, 4.69) is 21.1 Å². The van der Waals surface area contributed by atoms with Gasteiger partial charge in [-0.2, -0.15) is 0 Å². The Morgan fingerprint density at radius 2 is 1.93 bits per heavy atom. The van der Waals surface area contributed by atoms with Crippen LogP contribution in [0, 0.1) is 5.82 Å². The highest BCUT2D eigenvalue weighted by molar-refractivity contribution is 7.92. The molecule has 0 unspecified atom stereocenters. The van der Waals surface area contributed by atoms with Crippen LogP contribution in [0.1, 0.15) is 10.4 Å². The molecule has 3 aromatic rings. The summed E-state index contributed by atoms with van der Waals surface area (Å²) in [5, 5.41) is 1.84. The first-order valence-corrected chi connectivity index (χ1v) is 11.1. The van der Waals surface area contributed by atoms with Crippen molar-refractivity contribution in [2.75, 3.05) is 16.2 Å². The van der Waals surface area contributed by atoms with Crippen LogP contribution in [0.25, 0.3) is 0 Å². The minimum absolute atomic E-state index is 0.229. The van der Waals surface area contributed by atoms with Crippen molar-refractivity contribution in [1.82, 2.24) is 0 Å². The number of fused-ring (bicyclic) bond motifs is 1. The lowest BCUT2D eigenvalue weighted by Crippen LogP contribution is -2.30. The second-order valence-corrected chi connectivity index (χ2v) is 9.27. The molecule has 0 saturated heterocycles. The Kier molecular flexibility index (Phi) is 4.84. The first-order valence-electron chi connectivity index (χ1n) is 8.32. The zero-order valence-corrected chi connectivity index (χ0v) is 16.5. The van der Waals surface area contributed by atoms with E-state index in [9.17, 15) is 12.8 Å². The van der Waals surface area contributed by atoms with Gasteiger partial charge in [-0.3, -0.25) is 4.72 Å². The SMILES string of the molecule is O=S(=O)(Nc1ccccc1N1CCc2sccc2C1)c1cccc(Cl)c1F. The van der Waals surface area contributed by atoms with Crippen LogP contribution in [-0.4, -0.2) is 15.0 Å². The molecule has 2 aromatic carbocycles. The maximum absolute atomic E-state index is 14.2. The van der Waals surface area contributed by atoms with Crippen LogP contribution in [0.2, 0.25) is 5.02 Å². The summed E-state index contributed by atoms with van der Waals surface area (Å²) in [5.74, 6) is -0.954. The Morgan fingerprint density at radius 3 is 2.78 bits per heavy atom. The van der Waals surface area contributed by atoms with Gasteiger partial charge >= 0.3 is 0 Å². The fourth-order valence-electron chi connectivity index (χ4n) is 3.18. The topological polar surface area (TPSA) is 49.4 Å². The van der Waals surface area contributed by atoms with Crippen molar-refractivity contribution in [3.63, 3.8) is 0 Å². The molecular formula is C19H16ClFN2O2S2. The fourth-order valence-corrected chi connectivity index (χ4v) is 5.48. The molecule has 1 aromatic heterocycles. The van der Waals surface area contributed by atoms with Crippen LogP contribution >= 0.6 is 22.9 Å². The summed E-state index contributed by atoms with van der Waals surface area (Å²) in [7, 11) is -4.11. The van der Waals surface area contributed by atoms with Gasteiger partial charge in [-0.05, 0) is 47.7 Å². The predicted octanol–water partition coefficient (Wildman–Crippen LogP) is 4.90. The number of hydrogen-bond acceptors (Lipinski definition) is 4. The number of anilines is 2. The predicted molar refractivity (Wildman–Crippen MR) is 108 cm³/mol. The number of nitrogens with zero attached hydrogens (tertiary/aromatic N) is 1. The van der Waals surface area contributed by atoms with Crippen LogP contribution in [0.3, 0.4) is 0 Å². The molecule has 0 amide bonds. The number of nitrogens with one attached hydrogen (secondary N) is 1. The van der Waals surface area contributed by atoms with Crippen LogP contribution in [-0.2, 0) is 23.0 Å². The van der Waals surface area contributed by atoms with Gasteiger partial charge in [0.1, 0.15) is 4.90 Å². The van der Waals surface area contributed by atoms with Crippen LogP contribution in [0.15, 0.2) is 58.8 Å². The van der Waals surface area contributed by atoms with Crippen molar-refractivity contribution in [3.8, 4) is 0 Å². The highest BCUT2D eigenvalue weighted by Gasteiger charge is 2.24. The van der Waals surface area contributed by atoms with E-state index in [0.29, 0.717) is 12.2 Å². The standard InChI is InChI=1S/C19H16ClFN2O2S2/c20-14-4-3-7-18(19(14)21)27(24,25)22-15-5-1-2-6-16(15)23-10-8-17-13(12-23)9-11-26-17/h1-7,9,11,22H,8,10,12H2. The van der Waals surface area contributed by atoms with Crippen molar-refractivity contribution in [2.45, 2.75) is 17.9 Å². The third-order valence-corrected chi connectivity index (χ3v) is 7.20. The molecule has 8 heteroatoms. The largest absolute Gasteiger partial charge is 0.365 e. The molecule has 4 nitrogen and oxygen atoms in total. The van der Waals surface area contributed by atoms with Gasteiger partial charge in [0, 0.05) is 18.0 Å². The zero-order chi connectivity index (χ0) is 19.0. The summed E-state index contributed by atoms with van der Waals surface area (Å²) in [5.41, 5.74) is 2.43. The minimum atomic E-state index is -4.11. The van der Waals surface area contributed by atoms with E-state index in [-0.39, 0.29) is 5.02 Å². The molecule has 0 atom stereocenters. The van der Waals surface area contributed by atoms with E-state index in [1.54, 1.807) is 23.5 Å². The third kappa shape index (κ3) is 3.54. The Labute approximate surface area is 166 Å². The smallest absolute Gasteiger partial charge is 0.264 e. The van der Waals surface area contributed by atoms with E-state index < -0.39 is 20.7 Å². The molecule has 1 aliphatic rings. The lowest BCUT2D eigenvalue weighted by Gasteiger charge is -2.30. The van der Waals surface area contributed by atoms with E-state index in [1.807, 2.05) is 12.1 Å². The molecular weight excluding hydrogens is 407 g/mol. The van der Waals surface area contributed by atoms with Crippen LogP contribution < -0.4 is 9.62 Å². The highest BCUT2D eigenvalue weighted by Crippen LogP contribution is 2.34. The number of halogens is 2. The van der Waals surface area contributed by atoms with Crippen LogP contribution in [0.5, 0.6) is 0 Å². The van der Waals surface area contributed by atoms with Gasteiger partial charge in [0.2, 0.25) is 0 Å². The van der Waals surface area contributed by atoms with E-state index in [0.717, 1.165) is 18.7 Å². The molecule has 4 rings (SSSR count). The second-order valence-electron chi connectivity index (χ2n) is 6.22. The van der Waals surface area contributed by atoms with Gasteiger partial charge < -0.3 is 4.90 Å². The van der Waals surface area contributed by atoms with Gasteiger partial charge in [-0.25, -0.2) is 12.8 Å². The number of thiophene rings is 1. The molecule has 0 saturated carbocycles. The molecule has 0 fully saturated rings. The lowest BCUT2D eigenvalue weighted by atomic mass is 10.1. The molecule has 0 spiro atoms. The number of sulfonamides is 1. The quantitative estimate of drug-likeness (QED) is 0.650. The molecule has 0 bridgehead atoms. The molecule has 0 aliphatic carbocycles. The summed E-state index contributed by atoms with van der Waals surface area (Å²) in [4.78, 5) is 3.02. The highest BCUT2D eigenvalue weighted by atomic mass is 35.5. The van der Waals surface area contributed by atoms with E-state index in [4.69, 9.17) is 11.6 Å². The average Bonchev–Trinajstić information content (AvgIpc) is 3.11. The summed E-state index contributed by atoms with van der Waals surface area (Å²) in [6, 6.07) is 13.2. The second kappa shape index (κ2) is 7.14. The maximum atomic E-state index is 14.2. The Hall–Kier alpha value is -2.09. The van der Waals surface area contributed by atoms with Crippen molar-refractivity contribution in [2.24, 2.45) is 0 Å². The van der Waals surface area contributed by atoms with Crippen LogP contribution in [0.4, 0.5) is 15.8 Å². The minimum Gasteiger partial charge on any atom is -0.365 e. The Balaban J connectivity index is 1.67. The first-order chi connectivity index (χ1) is 13.0. The first kappa shape index (κ1) is 18.3. The monoisotopic (exact) mass is 422 g/mol. The number of para-hydroxylation sites is 2. The van der Waals surface area contributed by atoms with Crippen molar-refractivity contribution in [1.29, 1.82) is 0 Å². The summed E-state index contributed by atoms with van der Waals surface area (Å²) in [6.07, 6.45) is 0.914. The van der Waals surface area contributed by atoms with Gasteiger partial charge in [0.15, 0.2) is 5.82 Å². The van der Waals surface area contributed by atoms with Gasteiger partial charge in [0.05, 0.1) is 16.4 Å². The van der Waals surface area contributed by atoms with Gasteiger partial charge in [-0.1, -0.05) is 29.8 Å². The van der Waals surface area contributed by atoms with E-state index >= 15 is 0 Å². The summed E-state index contributed by atoms with van der Waals surface area (Å²) in [6.45, 7) is 1.50. The lowest BCUT2D eigenvalue weighted by molar-refractivity contribution is 0.570. The van der Waals surface area contributed by atoms with Gasteiger partial charge in [-0.15, -0.1) is 11.3 Å². The maximum Gasteiger partial charge on any atom is 0.264 e. The molecule has 1 N–H and O–H groups in total. The van der Waals surface area contributed by atoms with Crippen molar-refractivity contribution >= 4 is 44.3 Å². The fraction of sp³-hybridized carbons (Fsp3) is 0.158. The summed E-state index contributed by atoms with van der Waals surface area (Å²) < 4.78 is 42.2. The van der Waals surface area contributed by atoms with Crippen molar-refractivity contribution < 1.29 is 12.8 Å². The van der Waals surface area contributed by atoms with E-state index in [1.165, 1.54) is 28.6 Å². The third-order valence-electron chi connectivity index (χ3n) is 4.50. The number of hydrogen-bond donors (Lipinski definition) is 1. The number of rotatable bonds is 4. The number of benzene rings is 2. The molecule has 140 valence electrons. The average molecular weight is 423 g/mol. The van der Waals surface area contributed by atoms with Gasteiger partial charge in [0.25, 0.3) is 10.0 Å². The van der Waals surface area contributed by atoms with Crippen molar-refractivity contribution in [3.05, 3.63) is 75.2 Å². The zero-order valence-electron chi connectivity index (χ0n) is 14.2.